The van der Waals surface area contributed by atoms with Gasteiger partial charge in [0, 0.05) is 28.4 Å². The third-order valence-electron chi connectivity index (χ3n) is 7.29. The summed E-state index contributed by atoms with van der Waals surface area (Å²) in [6.45, 7) is 0.690. The summed E-state index contributed by atoms with van der Waals surface area (Å²) in [5.74, 6) is -0.503. The molecule has 0 spiro atoms. The minimum atomic E-state index is -0.455. The highest BCUT2D eigenvalue weighted by atomic mass is 32.2. The lowest BCUT2D eigenvalue weighted by atomic mass is 10.0. The van der Waals surface area contributed by atoms with Gasteiger partial charge >= 0.3 is 0 Å². The van der Waals surface area contributed by atoms with Crippen molar-refractivity contribution in [2.24, 2.45) is 0 Å². The molecule has 3 amide bonds. The Morgan fingerprint density at radius 1 is 0.791 bits per heavy atom. The molecule has 0 saturated heterocycles. The Hall–Kier alpha value is -5.14. The topological polar surface area (TPSA) is 78.5 Å². The standard InChI is InChI=1S/C36H29N3O3S/c40-34(39-21-20-26-11-5-7-19-33(26)39)24-43-30-17-9-16-29(23-30)37-36(42)32(38-35(41)27-12-2-1-3-13-27)22-28-15-8-14-25-10-4-6-18-31(25)28/h1-19,22-23H,20-21,24H2,(H,37,42)(H,38,41)/b32-22-. The fourth-order valence-corrected chi connectivity index (χ4v) is 5.99. The molecule has 1 aliphatic rings. The predicted molar refractivity (Wildman–Crippen MR) is 174 cm³/mol. The van der Waals surface area contributed by atoms with Crippen LogP contribution in [0, 0.1) is 0 Å². The summed E-state index contributed by atoms with van der Waals surface area (Å²) in [6.07, 6.45) is 2.56. The summed E-state index contributed by atoms with van der Waals surface area (Å²) in [5, 5.41) is 7.74. The Morgan fingerprint density at radius 3 is 2.42 bits per heavy atom. The molecule has 5 aromatic carbocycles. The first-order valence-corrected chi connectivity index (χ1v) is 15.0. The molecule has 0 atom stereocenters. The number of amides is 3. The molecule has 43 heavy (non-hydrogen) atoms. The first-order chi connectivity index (χ1) is 21.0. The molecule has 6 nitrogen and oxygen atoms in total. The first kappa shape index (κ1) is 28.0. The lowest BCUT2D eigenvalue weighted by molar-refractivity contribution is -0.116. The Morgan fingerprint density at radius 2 is 1.53 bits per heavy atom. The SMILES string of the molecule is O=C(Nc1cccc(SCC(=O)N2CCc3ccccc32)c1)/C(=C/c1cccc2ccccc12)NC(=O)c1ccccc1. The number of thioether (sulfide) groups is 1. The first-order valence-electron chi connectivity index (χ1n) is 14.0. The largest absolute Gasteiger partial charge is 0.321 e. The van der Waals surface area contributed by atoms with E-state index in [1.54, 1.807) is 36.4 Å². The van der Waals surface area contributed by atoms with Crippen LogP contribution in [0.15, 0.2) is 132 Å². The van der Waals surface area contributed by atoms with Crippen LogP contribution in [0.4, 0.5) is 11.4 Å². The molecule has 7 heteroatoms. The predicted octanol–water partition coefficient (Wildman–Crippen LogP) is 6.93. The second-order valence-electron chi connectivity index (χ2n) is 10.1. The summed E-state index contributed by atoms with van der Waals surface area (Å²) in [5.41, 5.74) is 4.11. The third-order valence-corrected chi connectivity index (χ3v) is 8.27. The second kappa shape index (κ2) is 12.8. The zero-order chi connectivity index (χ0) is 29.6. The van der Waals surface area contributed by atoms with Crippen LogP contribution in [0.5, 0.6) is 0 Å². The van der Waals surface area contributed by atoms with Crippen molar-refractivity contribution in [1.29, 1.82) is 0 Å². The molecule has 0 fully saturated rings. The fourth-order valence-electron chi connectivity index (χ4n) is 5.16. The van der Waals surface area contributed by atoms with E-state index in [4.69, 9.17) is 0 Å². The molecule has 1 heterocycles. The molecular formula is C36H29N3O3S. The third kappa shape index (κ3) is 6.52. The number of hydrogen-bond donors (Lipinski definition) is 2. The number of nitrogens with zero attached hydrogens (tertiary/aromatic N) is 1. The van der Waals surface area contributed by atoms with E-state index < -0.39 is 5.91 Å². The zero-order valence-corrected chi connectivity index (χ0v) is 24.1. The summed E-state index contributed by atoms with van der Waals surface area (Å²) < 4.78 is 0. The Labute approximate surface area is 254 Å². The van der Waals surface area contributed by atoms with Gasteiger partial charge in [0.05, 0.1) is 5.75 Å². The molecule has 0 aromatic heterocycles. The number of para-hydroxylation sites is 1. The van der Waals surface area contributed by atoms with Crippen LogP contribution in [0.3, 0.4) is 0 Å². The van der Waals surface area contributed by atoms with Crippen molar-refractivity contribution in [1.82, 2.24) is 5.32 Å². The van der Waals surface area contributed by atoms with Crippen molar-refractivity contribution in [2.45, 2.75) is 11.3 Å². The number of carbonyl (C=O) groups excluding carboxylic acids is 3. The van der Waals surface area contributed by atoms with Gasteiger partial charge in [0.25, 0.3) is 11.8 Å². The van der Waals surface area contributed by atoms with Gasteiger partial charge in [0.1, 0.15) is 5.70 Å². The molecule has 2 N–H and O–H groups in total. The maximum absolute atomic E-state index is 13.6. The van der Waals surface area contributed by atoms with E-state index >= 15 is 0 Å². The molecule has 1 aliphatic heterocycles. The highest BCUT2D eigenvalue weighted by Crippen LogP contribution is 2.29. The van der Waals surface area contributed by atoms with Crippen molar-refractivity contribution in [3.63, 3.8) is 0 Å². The lowest BCUT2D eigenvalue weighted by Gasteiger charge is -2.17. The van der Waals surface area contributed by atoms with Crippen LogP contribution >= 0.6 is 11.8 Å². The maximum Gasteiger partial charge on any atom is 0.272 e. The Balaban J connectivity index is 1.20. The average molecular weight is 584 g/mol. The lowest BCUT2D eigenvalue weighted by Crippen LogP contribution is -2.30. The number of anilines is 2. The molecular weight excluding hydrogens is 554 g/mol. The van der Waals surface area contributed by atoms with Crippen molar-refractivity contribution in [2.75, 3.05) is 22.5 Å². The summed E-state index contributed by atoms with van der Waals surface area (Å²) >= 11 is 1.42. The number of carbonyl (C=O) groups is 3. The zero-order valence-electron chi connectivity index (χ0n) is 23.3. The van der Waals surface area contributed by atoms with Crippen LogP contribution in [0.2, 0.25) is 0 Å². The van der Waals surface area contributed by atoms with Gasteiger partial charge in [-0.15, -0.1) is 11.8 Å². The molecule has 0 unspecified atom stereocenters. The quantitative estimate of drug-likeness (QED) is 0.153. The van der Waals surface area contributed by atoms with Crippen molar-refractivity contribution in [3.8, 4) is 0 Å². The Kier molecular flexibility index (Phi) is 8.33. The Bertz CT molecular complexity index is 1850. The van der Waals surface area contributed by atoms with Crippen LogP contribution in [-0.4, -0.2) is 30.0 Å². The van der Waals surface area contributed by atoms with Gasteiger partial charge in [-0.25, -0.2) is 0 Å². The van der Waals surface area contributed by atoms with Crippen LogP contribution < -0.4 is 15.5 Å². The molecule has 0 saturated carbocycles. The maximum atomic E-state index is 13.6. The summed E-state index contributed by atoms with van der Waals surface area (Å²) in [7, 11) is 0. The van der Waals surface area contributed by atoms with Gasteiger partial charge in [-0.2, -0.15) is 0 Å². The number of benzene rings is 5. The second-order valence-corrected chi connectivity index (χ2v) is 11.2. The summed E-state index contributed by atoms with van der Waals surface area (Å²) in [6, 6.07) is 37.9. The van der Waals surface area contributed by atoms with Crippen LogP contribution in [-0.2, 0) is 16.0 Å². The number of fused-ring (bicyclic) bond motifs is 2. The van der Waals surface area contributed by atoms with Gasteiger partial charge in [0.15, 0.2) is 0 Å². The van der Waals surface area contributed by atoms with Crippen molar-refractivity contribution in [3.05, 3.63) is 144 Å². The van der Waals surface area contributed by atoms with E-state index in [0.717, 1.165) is 33.3 Å². The molecule has 6 rings (SSSR count). The van der Waals surface area contributed by atoms with Crippen molar-refractivity contribution < 1.29 is 14.4 Å². The van der Waals surface area contributed by atoms with E-state index in [0.29, 0.717) is 17.8 Å². The summed E-state index contributed by atoms with van der Waals surface area (Å²) in [4.78, 5) is 42.4. The van der Waals surface area contributed by atoms with Gasteiger partial charge < -0.3 is 15.5 Å². The molecule has 0 radical (unpaired) electrons. The highest BCUT2D eigenvalue weighted by molar-refractivity contribution is 8.00. The van der Waals surface area contributed by atoms with Gasteiger partial charge in [-0.05, 0) is 70.8 Å². The molecule has 212 valence electrons. The highest BCUT2D eigenvalue weighted by Gasteiger charge is 2.24. The van der Waals surface area contributed by atoms with Gasteiger partial charge in [0.2, 0.25) is 5.91 Å². The van der Waals surface area contributed by atoms with E-state index in [2.05, 4.69) is 16.7 Å². The average Bonchev–Trinajstić information content (AvgIpc) is 3.48. The minimum absolute atomic E-state index is 0.0494. The minimum Gasteiger partial charge on any atom is -0.321 e. The molecule has 5 aromatic rings. The normalized spacial score (nSPS) is 12.6. The van der Waals surface area contributed by atoms with E-state index in [1.165, 1.54) is 17.3 Å². The molecule has 0 bridgehead atoms. The monoisotopic (exact) mass is 583 g/mol. The smallest absolute Gasteiger partial charge is 0.272 e. The van der Waals surface area contributed by atoms with E-state index in [-0.39, 0.29) is 23.3 Å². The van der Waals surface area contributed by atoms with E-state index in [9.17, 15) is 14.4 Å². The van der Waals surface area contributed by atoms with Gasteiger partial charge in [-0.1, -0.05) is 84.9 Å². The number of hydrogen-bond acceptors (Lipinski definition) is 4. The van der Waals surface area contributed by atoms with Gasteiger partial charge in [-0.3, -0.25) is 14.4 Å². The number of rotatable bonds is 8. The van der Waals surface area contributed by atoms with Crippen LogP contribution in [0.1, 0.15) is 21.5 Å². The number of nitrogens with one attached hydrogen (secondary N) is 2. The van der Waals surface area contributed by atoms with Crippen molar-refractivity contribution >= 4 is 57.7 Å². The van der Waals surface area contributed by atoms with Crippen LogP contribution in [0.25, 0.3) is 16.8 Å². The molecule has 0 aliphatic carbocycles. The fraction of sp³-hybridized carbons (Fsp3) is 0.0833. The van der Waals surface area contributed by atoms with E-state index in [1.807, 2.05) is 89.8 Å².